The van der Waals surface area contributed by atoms with E-state index in [2.05, 4.69) is 4.89 Å². The monoisotopic (exact) mass is 218 g/mol. The fourth-order valence-corrected chi connectivity index (χ4v) is 1.41. The van der Waals surface area contributed by atoms with Crippen molar-refractivity contribution in [3.63, 3.8) is 0 Å². The third kappa shape index (κ3) is 6.90. The number of hydrogen-bond acceptors (Lipinski definition) is 4. The summed E-state index contributed by atoms with van der Waals surface area (Å²) in [4.78, 5) is 24.8. The van der Waals surface area contributed by atoms with Crippen LogP contribution in [0.5, 0.6) is 0 Å². The number of carboxylic acid groups (broad SMARTS) is 1. The molecule has 2 N–H and O–H groups in total. The lowest BCUT2D eigenvalue weighted by Crippen LogP contribution is -2.15. The molecule has 1 unspecified atom stereocenters. The van der Waals surface area contributed by atoms with E-state index in [1.807, 2.05) is 6.92 Å². The second-order valence-electron chi connectivity index (χ2n) is 3.51. The molecule has 0 aromatic carbocycles. The van der Waals surface area contributed by atoms with Gasteiger partial charge in [0.25, 0.3) is 0 Å². The molecule has 0 fully saturated rings. The number of carbonyl (C=O) groups is 2. The second kappa shape index (κ2) is 8.23. The molecule has 0 amide bonds. The van der Waals surface area contributed by atoms with Gasteiger partial charge in [0.05, 0.1) is 5.92 Å². The molecule has 0 saturated carbocycles. The number of hydrogen-bond donors (Lipinski definition) is 2. The molecule has 0 aromatic rings. The quantitative estimate of drug-likeness (QED) is 0.370. The van der Waals surface area contributed by atoms with Crippen LogP contribution in [0.2, 0.25) is 0 Å². The number of aliphatic carboxylic acids is 1. The predicted octanol–water partition coefficient (Wildman–Crippen LogP) is 2.06. The van der Waals surface area contributed by atoms with Gasteiger partial charge in [-0.1, -0.05) is 19.8 Å². The lowest BCUT2D eigenvalue weighted by molar-refractivity contribution is -0.239. The van der Waals surface area contributed by atoms with Crippen LogP contribution in [0.4, 0.5) is 0 Å². The molecule has 0 heterocycles. The van der Waals surface area contributed by atoms with Crippen LogP contribution in [0, 0.1) is 5.92 Å². The van der Waals surface area contributed by atoms with Gasteiger partial charge in [-0.2, -0.15) is 5.26 Å². The first-order chi connectivity index (χ1) is 7.11. The van der Waals surface area contributed by atoms with Gasteiger partial charge in [0.1, 0.15) is 0 Å². The Morgan fingerprint density at radius 3 is 2.40 bits per heavy atom. The zero-order valence-electron chi connectivity index (χ0n) is 8.94. The molecule has 5 heteroatoms. The van der Waals surface area contributed by atoms with Crippen molar-refractivity contribution >= 4 is 11.9 Å². The topological polar surface area (TPSA) is 83.8 Å². The summed E-state index contributed by atoms with van der Waals surface area (Å²) >= 11 is 0. The zero-order chi connectivity index (χ0) is 11.7. The summed E-state index contributed by atoms with van der Waals surface area (Å²) in [5.74, 6) is -1.67. The normalized spacial score (nSPS) is 12.1. The first-order valence-electron chi connectivity index (χ1n) is 5.18. The van der Waals surface area contributed by atoms with E-state index in [-0.39, 0.29) is 12.3 Å². The molecule has 0 aliphatic heterocycles. The lowest BCUT2D eigenvalue weighted by atomic mass is 9.98. The summed E-state index contributed by atoms with van der Waals surface area (Å²) in [5, 5.41) is 16.6. The van der Waals surface area contributed by atoms with Gasteiger partial charge in [0.2, 0.25) is 0 Å². The highest BCUT2D eigenvalue weighted by molar-refractivity contribution is 5.71. The summed E-state index contributed by atoms with van der Waals surface area (Å²) < 4.78 is 0. The minimum absolute atomic E-state index is 0.168. The van der Waals surface area contributed by atoms with Gasteiger partial charge in [-0.15, -0.1) is 0 Å². The van der Waals surface area contributed by atoms with E-state index >= 15 is 0 Å². The minimum atomic E-state index is -0.795. The molecule has 0 spiro atoms. The predicted molar refractivity (Wildman–Crippen MR) is 53.2 cm³/mol. The molecular weight excluding hydrogens is 200 g/mol. The van der Waals surface area contributed by atoms with Crippen molar-refractivity contribution in [2.75, 3.05) is 0 Å². The summed E-state index contributed by atoms with van der Waals surface area (Å²) in [6.07, 6.45) is 3.61. The number of carbonyl (C=O) groups excluding carboxylic acids is 1. The third-order valence-corrected chi connectivity index (χ3v) is 2.36. The molecule has 0 radical (unpaired) electrons. The molecule has 0 aliphatic rings. The van der Waals surface area contributed by atoms with Crippen LogP contribution in [0.3, 0.4) is 0 Å². The van der Waals surface area contributed by atoms with Gasteiger partial charge < -0.3 is 9.99 Å². The molecule has 0 bridgehead atoms. The maximum atomic E-state index is 10.9. The molecule has 0 rings (SSSR count). The van der Waals surface area contributed by atoms with E-state index in [1.165, 1.54) is 0 Å². The van der Waals surface area contributed by atoms with E-state index in [0.29, 0.717) is 19.3 Å². The third-order valence-electron chi connectivity index (χ3n) is 2.36. The Labute approximate surface area is 89.0 Å². The first-order valence-corrected chi connectivity index (χ1v) is 5.18. The summed E-state index contributed by atoms with van der Waals surface area (Å²) in [6, 6.07) is 0. The summed E-state index contributed by atoms with van der Waals surface area (Å²) in [6.45, 7) is 1.85. The van der Waals surface area contributed by atoms with E-state index < -0.39 is 11.9 Å². The van der Waals surface area contributed by atoms with Crippen LogP contribution >= 0.6 is 0 Å². The molecule has 0 saturated heterocycles. The SMILES string of the molecule is CCC(CCCCCC(=O)O)C(=O)OO. The average Bonchev–Trinajstić information content (AvgIpc) is 2.22. The molecule has 1 atom stereocenters. The van der Waals surface area contributed by atoms with E-state index in [4.69, 9.17) is 10.4 Å². The molecule has 88 valence electrons. The lowest BCUT2D eigenvalue weighted by Gasteiger charge is -2.09. The Morgan fingerprint density at radius 2 is 1.93 bits per heavy atom. The standard InChI is InChI=1S/C10H18O5/c1-2-8(10(13)15-14)6-4-3-5-7-9(11)12/h8,14H,2-7H2,1H3,(H,11,12). The largest absolute Gasteiger partial charge is 0.481 e. The molecule has 5 nitrogen and oxygen atoms in total. The Bertz CT molecular complexity index is 202. The van der Waals surface area contributed by atoms with Gasteiger partial charge in [-0.3, -0.25) is 4.79 Å². The van der Waals surface area contributed by atoms with Crippen molar-refractivity contribution in [1.82, 2.24) is 0 Å². The van der Waals surface area contributed by atoms with Crippen molar-refractivity contribution < 1.29 is 24.8 Å². The zero-order valence-corrected chi connectivity index (χ0v) is 8.94. The van der Waals surface area contributed by atoms with Crippen LogP contribution in [-0.4, -0.2) is 22.3 Å². The van der Waals surface area contributed by atoms with Gasteiger partial charge in [-0.05, 0) is 19.3 Å². The van der Waals surface area contributed by atoms with Crippen LogP contribution in [0.1, 0.15) is 45.4 Å². The van der Waals surface area contributed by atoms with Gasteiger partial charge in [0, 0.05) is 6.42 Å². The number of unbranched alkanes of at least 4 members (excludes halogenated alkanes) is 2. The highest BCUT2D eigenvalue weighted by Gasteiger charge is 2.17. The summed E-state index contributed by atoms with van der Waals surface area (Å²) in [5.41, 5.74) is 0. The minimum Gasteiger partial charge on any atom is -0.481 e. The highest BCUT2D eigenvalue weighted by atomic mass is 17.1. The van der Waals surface area contributed by atoms with Crippen LogP contribution in [0.15, 0.2) is 0 Å². The molecule has 0 aliphatic carbocycles. The van der Waals surface area contributed by atoms with Crippen molar-refractivity contribution in [2.45, 2.75) is 45.4 Å². The fraction of sp³-hybridized carbons (Fsp3) is 0.800. The van der Waals surface area contributed by atoms with E-state index in [9.17, 15) is 9.59 Å². The second-order valence-corrected chi connectivity index (χ2v) is 3.51. The van der Waals surface area contributed by atoms with E-state index in [0.717, 1.165) is 12.8 Å². The first kappa shape index (κ1) is 13.9. The van der Waals surface area contributed by atoms with Gasteiger partial charge >= 0.3 is 11.9 Å². The molecular formula is C10H18O5. The fourth-order valence-electron chi connectivity index (χ4n) is 1.41. The highest BCUT2D eigenvalue weighted by Crippen LogP contribution is 2.15. The van der Waals surface area contributed by atoms with Crippen LogP contribution < -0.4 is 0 Å². The van der Waals surface area contributed by atoms with Gasteiger partial charge in [0.15, 0.2) is 0 Å². The maximum absolute atomic E-state index is 10.9. The van der Waals surface area contributed by atoms with Crippen LogP contribution in [-0.2, 0) is 14.5 Å². The van der Waals surface area contributed by atoms with Gasteiger partial charge in [-0.25, -0.2) is 4.79 Å². The smallest absolute Gasteiger partial charge is 0.345 e. The Balaban J connectivity index is 3.55. The average molecular weight is 218 g/mol. The molecule has 0 aromatic heterocycles. The number of carboxylic acids is 1. The number of rotatable bonds is 8. The van der Waals surface area contributed by atoms with Crippen molar-refractivity contribution in [3.8, 4) is 0 Å². The maximum Gasteiger partial charge on any atom is 0.345 e. The van der Waals surface area contributed by atoms with Crippen molar-refractivity contribution in [2.24, 2.45) is 5.92 Å². The molecule has 15 heavy (non-hydrogen) atoms. The summed E-state index contributed by atoms with van der Waals surface area (Å²) in [7, 11) is 0. The Kier molecular flexibility index (Phi) is 7.62. The van der Waals surface area contributed by atoms with Crippen molar-refractivity contribution in [3.05, 3.63) is 0 Å². The van der Waals surface area contributed by atoms with Crippen molar-refractivity contribution in [1.29, 1.82) is 0 Å². The Hall–Kier alpha value is -1.10. The Morgan fingerprint density at radius 1 is 1.27 bits per heavy atom. The van der Waals surface area contributed by atoms with E-state index in [1.54, 1.807) is 0 Å². The van der Waals surface area contributed by atoms with Crippen LogP contribution in [0.25, 0.3) is 0 Å².